The number of nitrogens with one attached hydrogen (secondary N) is 1. The molecule has 4 heteroatoms. The molecule has 17 heavy (non-hydrogen) atoms. The van der Waals surface area contributed by atoms with Gasteiger partial charge in [0.2, 0.25) is 0 Å². The Labute approximate surface area is 105 Å². The van der Waals surface area contributed by atoms with Gasteiger partial charge in [-0.05, 0) is 23.6 Å². The van der Waals surface area contributed by atoms with Crippen molar-refractivity contribution in [3.8, 4) is 5.75 Å². The summed E-state index contributed by atoms with van der Waals surface area (Å²) in [5, 5.41) is 5.32. The number of nitrogens with zero attached hydrogens (tertiary/aromatic N) is 1. The fraction of sp³-hybridized carbons (Fsp3) is 0.154. The van der Waals surface area contributed by atoms with Crippen molar-refractivity contribution in [3.63, 3.8) is 0 Å². The van der Waals surface area contributed by atoms with E-state index in [-0.39, 0.29) is 0 Å². The van der Waals surface area contributed by atoms with Gasteiger partial charge in [-0.2, -0.15) is 0 Å². The van der Waals surface area contributed by atoms with Crippen LogP contribution in [0.3, 0.4) is 0 Å². The maximum atomic E-state index is 5.29. The molecule has 0 unspecified atom stereocenters. The molecule has 0 fully saturated rings. The molecule has 0 aliphatic rings. The highest BCUT2D eigenvalue weighted by Gasteiger charge is 2.07. The summed E-state index contributed by atoms with van der Waals surface area (Å²) in [6.07, 6.45) is 0. The van der Waals surface area contributed by atoms with E-state index < -0.39 is 0 Å². The van der Waals surface area contributed by atoms with Gasteiger partial charge < -0.3 is 10.1 Å². The standard InChI is InChI=1S/C13H14N2OS/c1-14-13(12-8-5-9-17-12)15-10-6-3-4-7-11(10)16-2/h3-9H,1-2H3,(H,14,15). The SMILES string of the molecule is CN=C(Nc1ccccc1OC)c1cccs1. The molecule has 2 aromatic rings. The Bertz CT molecular complexity index is 506. The molecule has 0 saturated carbocycles. The third-order valence-corrected chi connectivity index (χ3v) is 3.21. The van der Waals surface area contributed by atoms with Crippen molar-refractivity contribution in [2.45, 2.75) is 0 Å². The minimum Gasteiger partial charge on any atom is -0.495 e. The van der Waals surface area contributed by atoms with Gasteiger partial charge in [0.1, 0.15) is 11.6 Å². The topological polar surface area (TPSA) is 33.6 Å². The number of hydrogen-bond donors (Lipinski definition) is 1. The number of hydrogen-bond acceptors (Lipinski definition) is 3. The van der Waals surface area contributed by atoms with Gasteiger partial charge in [-0.1, -0.05) is 18.2 Å². The first-order chi connectivity index (χ1) is 8.35. The van der Waals surface area contributed by atoms with E-state index in [0.29, 0.717) is 0 Å². The smallest absolute Gasteiger partial charge is 0.142 e. The molecule has 2 rings (SSSR count). The fourth-order valence-electron chi connectivity index (χ4n) is 1.52. The average molecular weight is 246 g/mol. The zero-order chi connectivity index (χ0) is 12.1. The predicted octanol–water partition coefficient (Wildman–Crippen LogP) is 3.25. The van der Waals surface area contributed by atoms with Crippen molar-refractivity contribution in [2.75, 3.05) is 19.5 Å². The lowest BCUT2D eigenvalue weighted by Crippen LogP contribution is -2.12. The molecule has 1 aromatic carbocycles. The predicted molar refractivity (Wildman–Crippen MR) is 73.4 cm³/mol. The zero-order valence-electron chi connectivity index (χ0n) is 9.81. The van der Waals surface area contributed by atoms with E-state index >= 15 is 0 Å². The van der Waals surface area contributed by atoms with Gasteiger partial charge in [-0.15, -0.1) is 11.3 Å². The molecule has 0 atom stereocenters. The normalized spacial score (nSPS) is 11.3. The Morgan fingerprint density at radius 3 is 2.71 bits per heavy atom. The summed E-state index contributed by atoms with van der Waals surface area (Å²) in [4.78, 5) is 5.37. The lowest BCUT2D eigenvalue weighted by Gasteiger charge is -2.11. The van der Waals surface area contributed by atoms with Crippen LogP contribution in [0.1, 0.15) is 4.88 Å². The Balaban J connectivity index is 2.25. The minimum absolute atomic E-state index is 0.810. The van der Waals surface area contributed by atoms with E-state index in [1.807, 2.05) is 41.8 Å². The minimum atomic E-state index is 0.810. The molecule has 1 N–H and O–H groups in total. The van der Waals surface area contributed by atoms with E-state index in [0.717, 1.165) is 22.1 Å². The maximum absolute atomic E-state index is 5.29. The van der Waals surface area contributed by atoms with Crippen molar-refractivity contribution in [2.24, 2.45) is 4.99 Å². The second kappa shape index (κ2) is 5.50. The Morgan fingerprint density at radius 2 is 2.06 bits per heavy atom. The number of ether oxygens (including phenoxy) is 1. The Kier molecular flexibility index (Phi) is 3.77. The summed E-state index contributed by atoms with van der Waals surface area (Å²) in [6, 6.07) is 11.8. The summed E-state index contributed by atoms with van der Waals surface area (Å²) in [7, 11) is 3.44. The summed E-state index contributed by atoms with van der Waals surface area (Å²) in [5.41, 5.74) is 0.920. The van der Waals surface area contributed by atoms with Crippen LogP contribution in [-0.4, -0.2) is 20.0 Å². The molecule has 3 nitrogen and oxygen atoms in total. The first-order valence-electron chi connectivity index (χ1n) is 5.26. The van der Waals surface area contributed by atoms with Crippen LogP contribution in [0.15, 0.2) is 46.8 Å². The number of para-hydroxylation sites is 2. The molecule has 88 valence electrons. The molecule has 0 aliphatic heterocycles. The van der Waals surface area contributed by atoms with E-state index in [4.69, 9.17) is 4.74 Å². The van der Waals surface area contributed by atoms with Crippen molar-refractivity contribution >= 4 is 22.9 Å². The molecule has 0 bridgehead atoms. The van der Waals surface area contributed by atoms with Crippen LogP contribution in [0.25, 0.3) is 0 Å². The molecular formula is C13H14N2OS. The van der Waals surface area contributed by atoms with Gasteiger partial charge in [0.25, 0.3) is 0 Å². The van der Waals surface area contributed by atoms with Crippen molar-refractivity contribution < 1.29 is 4.74 Å². The Morgan fingerprint density at radius 1 is 1.24 bits per heavy atom. The number of aliphatic imine (C=N–C) groups is 1. The monoisotopic (exact) mass is 246 g/mol. The molecule has 1 aromatic heterocycles. The van der Waals surface area contributed by atoms with Gasteiger partial charge in [-0.25, -0.2) is 0 Å². The van der Waals surface area contributed by atoms with E-state index in [2.05, 4.69) is 10.3 Å². The van der Waals surface area contributed by atoms with Gasteiger partial charge >= 0.3 is 0 Å². The van der Waals surface area contributed by atoms with Crippen LogP contribution in [-0.2, 0) is 0 Å². The molecule has 0 saturated heterocycles. The first-order valence-corrected chi connectivity index (χ1v) is 6.14. The van der Waals surface area contributed by atoms with Gasteiger partial charge in [0.15, 0.2) is 0 Å². The highest BCUT2D eigenvalue weighted by Crippen LogP contribution is 2.24. The van der Waals surface area contributed by atoms with Crippen molar-refractivity contribution in [3.05, 3.63) is 46.7 Å². The first kappa shape index (κ1) is 11.7. The van der Waals surface area contributed by atoms with E-state index in [9.17, 15) is 0 Å². The molecule has 0 radical (unpaired) electrons. The van der Waals surface area contributed by atoms with Gasteiger partial charge in [0.05, 0.1) is 17.7 Å². The summed E-state index contributed by atoms with van der Waals surface area (Å²) in [5.74, 6) is 1.66. The van der Waals surface area contributed by atoms with Crippen LogP contribution in [0.2, 0.25) is 0 Å². The van der Waals surface area contributed by atoms with Crippen LogP contribution < -0.4 is 10.1 Å². The lowest BCUT2D eigenvalue weighted by atomic mass is 10.3. The quantitative estimate of drug-likeness (QED) is 0.666. The highest BCUT2D eigenvalue weighted by molar-refractivity contribution is 7.12. The van der Waals surface area contributed by atoms with Crippen molar-refractivity contribution in [1.82, 2.24) is 0 Å². The van der Waals surface area contributed by atoms with E-state index in [1.54, 1.807) is 25.5 Å². The number of thiophene rings is 1. The fourth-order valence-corrected chi connectivity index (χ4v) is 2.23. The molecule has 0 spiro atoms. The lowest BCUT2D eigenvalue weighted by molar-refractivity contribution is 0.417. The third-order valence-electron chi connectivity index (χ3n) is 2.34. The van der Waals surface area contributed by atoms with Crippen LogP contribution in [0.4, 0.5) is 5.69 Å². The molecule has 0 amide bonds. The second-order valence-electron chi connectivity index (χ2n) is 3.37. The van der Waals surface area contributed by atoms with Gasteiger partial charge in [-0.3, -0.25) is 4.99 Å². The molecule has 1 heterocycles. The van der Waals surface area contributed by atoms with Crippen LogP contribution >= 0.6 is 11.3 Å². The number of methoxy groups -OCH3 is 1. The summed E-state index contributed by atoms with van der Waals surface area (Å²) >= 11 is 1.65. The summed E-state index contributed by atoms with van der Waals surface area (Å²) < 4.78 is 5.29. The Hall–Kier alpha value is -1.81. The third kappa shape index (κ3) is 2.65. The highest BCUT2D eigenvalue weighted by atomic mass is 32.1. The second-order valence-corrected chi connectivity index (χ2v) is 4.32. The maximum Gasteiger partial charge on any atom is 0.142 e. The van der Waals surface area contributed by atoms with Crippen molar-refractivity contribution in [1.29, 1.82) is 0 Å². The largest absolute Gasteiger partial charge is 0.495 e. The van der Waals surface area contributed by atoms with Gasteiger partial charge in [0, 0.05) is 7.05 Å². The number of anilines is 1. The number of amidine groups is 1. The van der Waals surface area contributed by atoms with Crippen LogP contribution in [0, 0.1) is 0 Å². The summed E-state index contributed by atoms with van der Waals surface area (Å²) in [6.45, 7) is 0. The van der Waals surface area contributed by atoms with Crippen LogP contribution in [0.5, 0.6) is 5.75 Å². The average Bonchev–Trinajstić information content (AvgIpc) is 2.90. The molecular weight excluding hydrogens is 232 g/mol. The number of benzene rings is 1. The molecule has 0 aliphatic carbocycles. The zero-order valence-corrected chi connectivity index (χ0v) is 10.6. The number of rotatable bonds is 3. The van der Waals surface area contributed by atoms with E-state index in [1.165, 1.54) is 0 Å².